The molecule has 0 radical (unpaired) electrons. The molecule has 0 amide bonds. The molecule has 0 atom stereocenters. The van der Waals surface area contributed by atoms with Crippen molar-refractivity contribution in [2.24, 2.45) is 7.05 Å². The summed E-state index contributed by atoms with van der Waals surface area (Å²) in [6, 6.07) is 14.8. The van der Waals surface area contributed by atoms with Crippen molar-refractivity contribution in [1.29, 1.82) is 0 Å². The van der Waals surface area contributed by atoms with Crippen LogP contribution in [0.4, 0.5) is 0 Å². The highest BCUT2D eigenvalue weighted by molar-refractivity contribution is 5.91. The summed E-state index contributed by atoms with van der Waals surface area (Å²) < 4.78 is 2.08. The number of nitrogens with zero attached hydrogens (tertiary/aromatic N) is 3. The van der Waals surface area contributed by atoms with Crippen molar-refractivity contribution >= 4 is 10.9 Å². The van der Waals surface area contributed by atoms with Crippen molar-refractivity contribution in [2.45, 2.75) is 32.7 Å². The van der Waals surface area contributed by atoms with E-state index in [2.05, 4.69) is 63.8 Å². The normalized spacial score (nSPS) is 11.5. The Labute approximate surface area is 143 Å². The quantitative estimate of drug-likeness (QED) is 0.522. The molecular formula is C21H22N3+. The van der Waals surface area contributed by atoms with Crippen LogP contribution in [0.25, 0.3) is 27.0 Å². The third-order valence-corrected chi connectivity index (χ3v) is 4.38. The molecule has 3 aromatic rings. The number of benzene rings is 2. The minimum atomic E-state index is -0.383. The summed E-state index contributed by atoms with van der Waals surface area (Å²) in [6.07, 6.45) is 2.60. The maximum atomic E-state index is 7.32. The number of aryl methyl sites for hydroxylation is 2. The van der Waals surface area contributed by atoms with Gasteiger partial charge < -0.3 is 4.85 Å². The molecule has 0 saturated heterocycles. The second-order valence-electron chi connectivity index (χ2n) is 6.97. The number of hydrogen-bond acceptors (Lipinski definition) is 1. The van der Waals surface area contributed by atoms with Crippen LogP contribution in [0.3, 0.4) is 0 Å². The van der Waals surface area contributed by atoms with Crippen LogP contribution in [0.1, 0.15) is 25.0 Å². The van der Waals surface area contributed by atoms with Crippen LogP contribution in [-0.2, 0) is 13.5 Å². The van der Waals surface area contributed by atoms with Crippen LogP contribution in [0.5, 0.6) is 0 Å². The van der Waals surface area contributed by atoms with Crippen LogP contribution >= 0.6 is 0 Å². The van der Waals surface area contributed by atoms with E-state index in [1.807, 2.05) is 27.2 Å². The lowest BCUT2D eigenvalue weighted by Crippen LogP contribution is -2.31. The van der Waals surface area contributed by atoms with E-state index in [-0.39, 0.29) is 5.54 Å². The average Bonchev–Trinajstić information content (AvgIpc) is 2.56. The van der Waals surface area contributed by atoms with E-state index < -0.39 is 0 Å². The van der Waals surface area contributed by atoms with Crippen molar-refractivity contribution in [1.82, 2.24) is 4.98 Å². The molecule has 0 aliphatic heterocycles. The van der Waals surface area contributed by atoms with Crippen LogP contribution in [0, 0.1) is 13.5 Å². The van der Waals surface area contributed by atoms with Crippen molar-refractivity contribution in [3.05, 3.63) is 71.3 Å². The summed E-state index contributed by atoms with van der Waals surface area (Å²) in [5, 5.41) is 1.14. The standard InChI is InChI=1S/C21H22N3/c1-15-8-6-7-9-17(15)20-18-11-10-16(13-21(2,3)22-4)12-19(18)23-14-24(20)5/h6-12,14H,13H2,1-3,5H3/q+1. The van der Waals surface area contributed by atoms with E-state index in [0.29, 0.717) is 0 Å². The molecule has 0 bridgehead atoms. The Balaban J connectivity index is 2.17. The molecule has 0 saturated carbocycles. The van der Waals surface area contributed by atoms with E-state index in [1.54, 1.807) is 0 Å². The first kappa shape index (κ1) is 16.1. The van der Waals surface area contributed by atoms with E-state index >= 15 is 0 Å². The van der Waals surface area contributed by atoms with Crippen molar-refractivity contribution in [3.8, 4) is 11.3 Å². The topological polar surface area (TPSA) is 21.1 Å². The third kappa shape index (κ3) is 3.00. The van der Waals surface area contributed by atoms with Crippen molar-refractivity contribution in [2.75, 3.05) is 0 Å². The Kier molecular flexibility index (Phi) is 4.07. The van der Waals surface area contributed by atoms with Crippen molar-refractivity contribution in [3.63, 3.8) is 0 Å². The zero-order chi connectivity index (χ0) is 17.3. The molecule has 24 heavy (non-hydrogen) atoms. The Morgan fingerprint density at radius 2 is 1.92 bits per heavy atom. The maximum absolute atomic E-state index is 7.32. The number of aromatic nitrogens is 2. The van der Waals surface area contributed by atoms with Crippen LogP contribution in [-0.4, -0.2) is 10.5 Å². The van der Waals surface area contributed by atoms with Gasteiger partial charge in [0.25, 0.3) is 6.33 Å². The molecule has 3 rings (SSSR count). The van der Waals surface area contributed by atoms with E-state index in [9.17, 15) is 0 Å². The predicted molar refractivity (Wildman–Crippen MR) is 97.5 cm³/mol. The largest absolute Gasteiger partial charge is 0.311 e. The fourth-order valence-corrected chi connectivity index (χ4v) is 3.10. The summed E-state index contributed by atoms with van der Waals surface area (Å²) in [5.41, 5.74) is 5.39. The van der Waals surface area contributed by atoms with E-state index in [1.165, 1.54) is 16.8 Å². The van der Waals surface area contributed by atoms with Gasteiger partial charge in [0.05, 0.1) is 18.9 Å². The molecule has 1 heterocycles. The SMILES string of the molecule is [C-]#[N+]C(C)(C)Cc1ccc2c(-c3ccccc3C)[n+](C)cnc2c1. The summed E-state index contributed by atoms with van der Waals surface area (Å²) in [6.45, 7) is 13.4. The predicted octanol–water partition coefficient (Wildman–Crippen LogP) is 4.28. The summed E-state index contributed by atoms with van der Waals surface area (Å²) in [4.78, 5) is 8.31. The molecule has 0 N–H and O–H groups in total. The van der Waals surface area contributed by atoms with Gasteiger partial charge >= 0.3 is 0 Å². The summed E-state index contributed by atoms with van der Waals surface area (Å²) >= 11 is 0. The minimum Gasteiger partial charge on any atom is -0.311 e. The minimum absolute atomic E-state index is 0.383. The van der Waals surface area contributed by atoms with Gasteiger partial charge in [0.2, 0.25) is 5.54 Å². The zero-order valence-corrected chi connectivity index (χ0v) is 14.7. The van der Waals surface area contributed by atoms with Gasteiger partial charge in [-0.1, -0.05) is 30.3 Å². The summed E-state index contributed by atoms with van der Waals surface area (Å²) in [5.74, 6) is 0. The Morgan fingerprint density at radius 1 is 1.17 bits per heavy atom. The Morgan fingerprint density at radius 3 is 2.62 bits per heavy atom. The van der Waals surface area contributed by atoms with Gasteiger partial charge in [0, 0.05) is 19.4 Å². The average molecular weight is 316 g/mol. The number of hydrogen-bond donors (Lipinski definition) is 0. The first-order chi connectivity index (χ1) is 11.4. The molecule has 3 nitrogen and oxygen atoms in total. The van der Waals surface area contributed by atoms with Gasteiger partial charge in [0.1, 0.15) is 5.69 Å². The Bertz CT molecular complexity index is 949. The fraction of sp³-hybridized carbons (Fsp3) is 0.286. The lowest BCUT2D eigenvalue weighted by atomic mass is 9.94. The zero-order valence-electron chi connectivity index (χ0n) is 14.7. The number of rotatable bonds is 3. The highest BCUT2D eigenvalue weighted by Gasteiger charge is 2.24. The van der Waals surface area contributed by atoms with E-state index in [4.69, 9.17) is 6.57 Å². The lowest BCUT2D eigenvalue weighted by Gasteiger charge is -2.12. The highest BCUT2D eigenvalue weighted by Crippen LogP contribution is 2.28. The van der Waals surface area contributed by atoms with Crippen LogP contribution in [0.15, 0.2) is 48.8 Å². The monoisotopic (exact) mass is 316 g/mol. The molecule has 1 aromatic heterocycles. The molecule has 120 valence electrons. The molecule has 0 spiro atoms. The molecule has 0 aliphatic rings. The van der Waals surface area contributed by atoms with Gasteiger partial charge in [-0.3, -0.25) is 0 Å². The van der Waals surface area contributed by atoms with Crippen molar-refractivity contribution < 1.29 is 4.57 Å². The van der Waals surface area contributed by atoms with Gasteiger partial charge in [-0.15, -0.1) is 0 Å². The maximum Gasteiger partial charge on any atom is 0.287 e. The molecule has 0 fully saturated rings. The van der Waals surface area contributed by atoms with Gasteiger partial charge in [-0.05, 0) is 35.2 Å². The second kappa shape index (κ2) is 6.05. The van der Waals surface area contributed by atoms with Gasteiger partial charge in [0.15, 0.2) is 5.52 Å². The van der Waals surface area contributed by atoms with E-state index in [0.717, 1.165) is 22.9 Å². The molecular weight excluding hydrogens is 294 g/mol. The Hall–Kier alpha value is -2.73. The van der Waals surface area contributed by atoms with Crippen LogP contribution < -0.4 is 4.57 Å². The first-order valence-electron chi connectivity index (χ1n) is 8.13. The fourth-order valence-electron chi connectivity index (χ4n) is 3.10. The number of fused-ring (bicyclic) bond motifs is 1. The summed E-state index contributed by atoms with van der Waals surface area (Å²) in [7, 11) is 2.03. The molecule has 3 heteroatoms. The second-order valence-corrected chi connectivity index (χ2v) is 6.97. The van der Waals surface area contributed by atoms with Crippen LogP contribution in [0.2, 0.25) is 0 Å². The molecule has 0 unspecified atom stereocenters. The lowest BCUT2D eigenvalue weighted by molar-refractivity contribution is -0.662. The highest BCUT2D eigenvalue weighted by atomic mass is 15.0. The smallest absolute Gasteiger partial charge is 0.287 e. The van der Waals surface area contributed by atoms with Gasteiger partial charge in [-0.25, -0.2) is 11.1 Å². The molecule has 0 aliphatic carbocycles. The molecule has 2 aromatic carbocycles. The first-order valence-corrected chi connectivity index (χ1v) is 8.13. The third-order valence-electron chi connectivity index (χ3n) is 4.38. The van der Waals surface area contributed by atoms with Gasteiger partial charge in [-0.2, -0.15) is 0 Å².